The molecule has 0 N–H and O–H groups in total. The molecule has 0 radical (unpaired) electrons. The van der Waals surface area contributed by atoms with Gasteiger partial charge in [-0.1, -0.05) is 0 Å². The first-order valence-electron chi connectivity index (χ1n) is 9.14. The van der Waals surface area contributed by atoms with Crippen LogP contribution in [0.2, 0.25) is 0 Å². The van der Waals surface area contributed by atoms with Crippen LogP contribution < -0.4 is 4.90 Å². The molecule has 1 aliphatic rings. The summed E-state index contributed by atoms with van der Waals surface area (Å²) in [6.45, 7) is 4.65. The van der Waals surface area contributed by atoms with Crippen molar-refractivity contribution in [3.8, 4) is 0 Å². The minimum atomic E-state index is 0.100. The molecule has 134 valence electrons. The van der Waals surface area contributed by atoms with Crippen LogP contribution in [0.5, 0.6) is 0 Å². The lowest BCUT2D eigenvalue weighted by molar-refractivity contribution is 0.0593. The van der Waals surface area contributed by atoms with Crippen molar-refractivity contribution in [3.63, 3.8) is 0 Å². The molecule has 0 saturated carbocycles. The number of rotatable bonds is 6. The molecular weight excluding hydrogens is 314 g/mol. The molecule has 0 aromatic carbocycles. The lowest BCUT2D eigenvalue weighted by Gasteiger charge is -2.36. The molecule has 1 atom stereocenters. The maximum atomic E-state index is 13.0. The Balaban J connectivity index is 1.67. The average Bonchev–Trinajstić information content (AvgIpc) is 3.19. The van der Waals surface area contributed by atoms with E-state index in [0.717, 1.165) is 44.7 Å². The molecule has 0 aliphatic carbocycles. The van der Waals surface area contributed by atoms with Crippen molar-refractivity contribution in [2.75, 3.05) is 25.0 Å². The van der Waals surface area contributed by atoms with E-state index < -0.39 is 0 Å². The molecule has 2 aromatic rings. The third kappa shape index (κ3) is 4.18. The molecule has 0 spiro atoms. The fourth-order valence-electron chi connectivity index (χ4n) is 3.35. The van der Waals surface area contributed by atoms with Gasteiger partial charge in [-0.2, -0.15) is 5.10 Å². The molecule has 3 rings (SSSR count). The predicted octanol–water partition coefficient (Wildman–Crippen LogP) is 2.82. The highest BCUT2D eigenvalue weighted by molar-refractivity contribution is 5.94. The van der Waals surface area contributed by atoms with Gasteiger partial charge in [0.25, 0.3) is 5.91 Å². The molecule has 1 saturated heterocycles. The molecule has 25 heavy (non-hydrogen) atoms. The highest BCUT2D eigenvalue weighted by Gasteiger charge is 2.27. The molecule has 3 heterocycles. The maximum absolute atomic E-state index is 13.0. The summed E-state index contributed by atoms with van der Waals surface area (Å²) in [7, 11) is 2.00. The van der Waals surface area contributed by atoms with Crippen molar-refractivity contribution in [2.24, 2.45) is 0 Å². The fraction of sp³-hybridized carbons (Fsp3) is 0.526. The number of likely N-dealkylation sites (tertiary alicyclic amines) is 1. The summed E-state index contributed by atoms with van der Waals surface area (Å²) >= 11 is 0. The molecule has 6 nitrogen and oxygen atoms in total. The van der Waals surface area contributed by atoms with Crippen LogP contribution in [0.15, 0.2) is 36.8 Å². The maximum Gasteiger partial charge on any atom is 0.255 e. The second-order valence-corrected chi connectivity index (χ2v) is 6.63. The Bertz CT molecular complexity index is 668. The third-order valence-corrected chi connectivity index (χ3v) is 5.00. The zero-order chi connectivity index (χ0) is 17.6. The van der Waals surface area contributed by atoms with Gasteiger partial charge in [0, 0.05) is 51.3 Å². The summed E-state index contributed by atoms with van der Waals surface area (Å²) in [5, 5.41) is 4.26. The molecule has 6 heteroatoms. The normalized spacial score (nSPS) is 17.5. The van der Waals surface area contributed by atoms with Crippen LogP contribution in [-0.2, 0) is 6.54 Å². The van der Waals surface area contributed by atoms with Gasteiger partial charge in [0.1, 0.15) is 5.82 Å². The quantitative estimate of drug-likeness (QED) is 0.811. The van der Waals surface area contributed by atoms with E-state index in [1.807, 2.05) is 41.0 Å². The van der Waals surface area contributed by atoms with Crippen molar-refractivity contribution in [2.45, 2.75) is 45.2 Å². The summed E-state index contributed by atoms with van der Waals surface area (Å²) in [6, 6.07) is 6.04. The van der Waals surface area contributed by atoms with E-state index in [9.17, 15) is 4.79 Å². The van der Waals surface area contributed by atoms with Crippen LogP contribution in [-0.4, -0.2) is 51.8 Å². The summed E-state index contributed by atoms with van der Waals surface area (Å²) in [4.78, 5) is 21.5. The monoisotopic (exact) mass is 341 g/mol. The standard InChI is InChI=1S/C19H27N5O/c1-3-22(2)18-9-8-16(15-20-18)19(25)24-13-5-4-7-17(24)10-14-23-12-6-11-21-23/h6,8-9,11-12,15,17H,3-5,7,10,13-14H2,1-2H3/t17-/m1/s1. The molecule has 1 amide bonds. The molecule has 2 aromatic heterocycles. The van der Waals surface area contributed by atoms with Gasteiger partial charge in [-0.15, -0.1) is 0 Å². The first-order chi connectivity index (χ1) is 12.2. The van der Waals surface area contributed by atoms with Crippen molar-refractivity contribution < 1.29 is 4.79 Å². The molecular formula is C19H27N5O. The van der Waals surface area contributed by atoms with Crippen molar-refractivity contribution in [1.29, 1.82) is 0 Å². The van der Waals surface area contributed by atoms with E-state index in [-0.39, 0.29) is 11.9 Å². The minimum Gasteiger partial charge on any atom is -0.360 e. The van der Waals surface area contributed by atoms with Gasteiger partial charge in [0.15, 0.2) is 0 Å². The Kier molecular flexibility index (Phi) is 5.68. The molecule has 1 fully saturated rings. The van der Waals surface area contributed by atoms with E-state index in [0.29, 0.717) is 5.56 Å². The number of aromatic nitrogens is 3. The van der Waals surface area contributed by atoms with Gasteiger partial charge in [0.05, 0.1) is 5.56 Å². The highest BCUT2D eigenvalue weighted by atomic mass is 16.2. The Morgan fingerprint density at radius 2 is 2.24 bits per heavy atom. The SMILES string of the molecule is CCN(C)c1ccc(C(=O)N2CCCC[C@@H]2CCn2cccn2)cn1. The van der Waals surface area contributed by atoms with Gasteiger partial charge in [-0.25, -0.2) is 4.98 Å². The Labute approximate surface area is 149 Å². The van der Waals surface area contributed by atoms with Crippen LogP contribution >= 0.6 is 0 Å². The summed E-state index contributed by atoms with van der Waals surface area (Å²) in [5.74, 6) is 0.997. The number of anilines is 1. The van der Waals surface area contributed by atoms with Crippen LogP contribution in [0, 0.1) is 0 Å². The fourth-order valence-corrected chi connectivity index (χ4v) is 3.35. The Morgan fingerprint density at radius 1 is 1.36 bits per heavy atom. The summed E-state index contributed by atoms with van der Waals surface area (Å²) < 4.78 is 1.94. The second-order valence-electron chi connectivity index (χ2n) is 6.63. The summed E-state index contributed by atoms with van der Waals surface area (Å²) in [5.41, 5.74) is 0.680. The zero-order valence-corrected chi connectivity index (χ0v) is 15.1. The minimum absolute atomic E-state index is 0.100. The van der Waals surface area contributed by atoms with E-state index in [4.69, 9.17) is 0 Å². The highest BCUT2D eigenvalue weighted by Crippen LogP contribution is 2.23. The smallest absolute Gasteiger partial charge is 0.255 e. The second kappa shape index (κ2) is 8.14. The van der Waals surface area contributed by atoms with Gasteiger partial charge >= 0.3 is 0 Å². The molecule has 1 aliphatic heterocycles. The molecule has 0 unspecified atom stereocenters. The number of hydrogen-bond acceptors (Lipinski definition) is 4. The van der Waals surface area contributed by atoms with Crippen LogP contribution in [0.3, 0.4) is 0 Å². The van der Waals surface area contributed by atoms with E-state index in [2.05, 4.69) is 21.9 Å². The zero-order valence-electron chi connectivity index (χ0n) is 15.1. The average molecular weight is 341 g/mol. The molecule has 0 bridgehead atoms. The first-order valence-corrected chi connectivity index (χ1v) is 9.14. The Morgan fingerprint density at radius 3 is 2.92 bits per heavy atom. The van der Waals surface area contributed by atoms with Gasteiger partial charge in [-0.05, 0) is 50.8 Å². The number of pyridine rings is 1. The lowest BCUT2D eigenvalue weighted by Crippen LogP contribution is -2.44. The lowest BCUT2D eigenvalue weighted by atomic mass is 9.98. The summed E-state index contributed by atoms with van der Waals surface area (Å²) in [6.07, 6.45) is 9.75. The number of piperidine rings is 1. The number of carbonyl (C=O) groups is 1. The topological polar surface area (TPSA) is 54.3 Å². The van der Waals surface area contributed by atoms with Crippen LogP contribution in [0.25, 0.3) is 0 Å². The first kappa shape index (κ1) is 17.5. The van der Waals surface area contributed by atoms with Gasteiger partial charge in [0.2, 0.25) is 0 Å². The van der Waals surface area contributed by atoms with E-state index in [1.54, 1.807) is 12.4 Å². The van der Waals surface area contributed by atoms with Crippen molar-refractivity contribution >= 4 is 11.7 Å². The van der Waals surface area contributed by atoms with Crippen molar-refractivity contribution in [1.82, 2.24) is 19.7 Å². The van der Waals surface area contributed by atoms with E-state index >= 15 is 0 Å². The predicted molar refractivity (Wildman–Crippen MR) is 98.7 cm³/mol. The largest absolute Gasteiger partial charge is 0.360 e. The van der Waals surface area contributed by atoms with Gasteiger partial charge < -0.3 is 9.80 Å². The number of carbonyl (C=O) groups excluding carboxylic acids is 1. The number of nitrogens with zero attached hydrogens (tertiary/aromatic N) is 5. The van der Waals surface area contributed by atoms with Crippen LogP contribution in [0.4, 0.5) is 5.82 Å². The van der Waals surface area contributed by atoms with E-state index in [1.165, 1.54) is 6.42 Å². The van der Waals surface area contributed by atoms with Gasteiger partial charge in [-0.3, -0.25) is 9.48 Å². The third-order valence-electron chi connectivity index (χ3n) is 5.00. The van der Waals surface area contributed by atoms with Crippen molar-refractivity contribution in [3.05, 3.63) is 42.4 Å². The van der Waals surface area contributed by atoms with Crippen LogP contribution in [0.1, 0.15) is 43.0 Å². The number of amides is 1. The number of aryl methyl sites for hydroxylation is 1. The number of hydrogen-bond donors (Lipinski definition) is 0. The Hall–Kier alpha value is -2.37.